The number of rotatable bonds is 7. The Labute approximate surface area is 180 Å². The molecular formula is C27H34O3. The van der Waals surface area contributed by atoms with Crippen LogP contribution in [0.4, 0.5) is 0 Å². The number of hydrogen-bond acceptors (Lipinski definition) is 3. The van der Waals surface area contributed by atoms with Crippen LogP contribution in [0.1, 0.15) is 64.0 Å². The molecule has 0 unspecified atom stereocenters. The lowest BCUT2D eigenvalue weighted by molar-refractivity contribution is -0.163. The van der Waals surface area contributed by atoms with Crippen molar-refractivity contribution in [2.75, 3.05) is 0 Å². The summed E-state index contributed by atoms with van der Waals surface area (Å²) in [6.45, 7) is 8.12. The summed E-state index contributed by atoms with van der Waals surface area (Å²) in [7, 11) is 0. The molecule has 0 aromatic heterocycles. The minimum Gasteiger partial charge on any atom is -0.461 e. The van der Waals surface area contributed by atoms with E-state index in [-0.39, 0.29) is 23.8 Å². The molecule has 0 spiro atoms. The van der Waals surface area contributed by atoms with Crippen molar-refractivity contribution in [3.05, 3.63) is 71.8 Å². The molecule has 1 saturated carbocycles. The van der Waals surface area contributed by atoms with Gasteiger partial charge in [-0.25, -0.2) is 0 Å². The lowest BCUT2D eigenvalue weighted by Crippen LogP contribution is -2.40. The molecule has 0 heterocycles. The van der Waals surface area contributed by atoms with Gasteiger partial charge in [0.25, 0.3) is 0 Å². The van der Waals surface area contributed by atoms with Crippen LogP contribution in [0.15, 0.2) is 60.7 Å². The molecule has 0 aliphatic heterocycles. The predicted molar refractivity (Wildman–Crippen MR) is 120 cm³/mol. The molecule has 1 aliphatic rings. The number of carbonyl (C=O) groups is 2. The maximum absolute atomic E-state index is 13.5. The molecule has 0 N–H and O–H groups in total. The highest BCUT2D eigenvalue weighted by atomic mass is 16.5. The fourth-order valence-electron chi connectivity index (χ4n) is 4.91. The summed E-state index contributed by atoms with van der Waals surface area (Å²) < 4.78 is 6.12. The smallest absolute Gasteiger partial charge is 0.317 e. The maximum Gasteiger partial charge on any atom is 0.317 e. The van der Waals surface area contributed by atoms with Gasteiger partial charge in [-0.2, -0.15) is 0 Å². The minimum absolute atomic E-state index is 0.115. The van der Waals surface area contributed by atoms with Gasteiger partial charge in [-0.15, -0.1) is 0 Å². The fourth-order valence-corrected chi connectivity index (χ4v) is 4.91. The van der Waals surface area contributed by atoms with E-state index in [0.717, 1.165) is 24.0 Å². The Kier molecular flexibility index (Phi) is 7.47. The van der Waals surface area contributed by atoms with Crippen molar-refractivity contribution in [2.45, 2.75) is 59.0 Å². The zero-order valence-electron chi connectivity index (χ0n) is 18.6. The summed E-state index contributed by atoms with van der Waals surface area (Å²) in [5.41, 5.74) is 1.91. The zero-order valence-corrected chi connectivity index (χ0v) is 18.6. The topological polar surface area (TPSA) is 43.4 Å². The highest BCUT2D eigenvalue weighted by Gasteiger charge is 2.40. The number of Topliss-reactive ketones (excluding diaryl/α,β-unsaturated/α-hetero) is 1. The van der Waals surface area contributed by atoms with Crippen molar-refractivity contribution in [1.82, 2.24) is 0 Å². The van der Waals surface area contributed by atoms with E-state index in [9.17, 15) is 9.59 Å². The molecule has 1 aliphatic carbocycles. The number of benzene rings is 2. The summed E-state index contributed by atoms with van der Waals surface area (Å²) in [5.74, 6) is -0.397. The second-order valence-electron chi connectivity index (χ2n) is 9.19. The third-order valence-electron chi connectivity index (χ3n) is 6.57. The summed E-state index contributed by atoms with van der Waals surface area (Å²) in [6, 6.07) is 19.6. The molecular weight excluding hydrogens is 372 g/mol. The Hall–Kier alpha value is -2.42. The van der Waals surface area contributed by atoms with Gasteiger partial charge in [-0.3, -0.25) is 9.59 Å². The first-order valence-electron chi connectivity index (χ1n) is 11.2. The Balaban J connectivity index is 1.93. The standard InChI is InChI=1S/C27H34O3/c1-18(2)23-16-15-19(3)17-24(23)30-27(29)25(20(4)28)26(21-11-7-5-8-12-21)22-13-9-6-10-14-22/h5-14,18-19,23-26H,15-17H2,1-4H3/t19-,23+,24-,25-/m1/s1. The molecule has 0 amide bonds. The molecule has 3 nitrogen and oxygen atoms in total. The van der Waals surface area contributed by atoms with Gasteiger partial charge in [0.1, 0.15) is 17.8 Å². The first kappa shape index (κ1) is 22.3. The molecule has 0 saturated heterocycles. The van der Waals surface area contributed by atoms with E-state index in [1.807, 2.05) is 60.7 Å². The van der Waals surface area contributed by atoms with Gasteiger partial charge in [0.05, 0.1) is 0 Å². The Bertz CT molecular complexity index is 788. The minimum atomic E-state index is -0.847. The molecule has 3 heteroatoms. The summed E-state index contributed by atoms with van der Waals surface area (Å²) >= 11 is 0. The van der Waals surface area contributed by atoms with Gasteiger partial charge in [-0.05, 0) is 48.6 Å². The molecule has 4 atom stereocenters. The van der Waals surface area contributed by atoms with Gasteiger partial charge >= 0.3 is 5.97 Å². The van der Waals surface area contributed by atoms with Crippen molar-refractivity contribution >= 4 is 11.8 Å². The Morgan fingerprint density at radius 1 is 0.900 bits per heavy atom. The Morgan fingerprint density at radius 3 is 1.90 bits per heavy atom. The highest BCUT2D eigenvalue weighted by Crippen LogP contribution is 2.38. The van der Waals surface area contributed by atoms with E-state index >= 15 is 0 Å². The second-order valence-corrected chi connectivity index (χ2v) is 9.19. The van der Waals surface area contributed by atoms with Crippen LogP contribution >= 0.6 is 0 Å². The number of ketones is 1. The van der Waals surface area contributed by atoms with Gasteiger partial charge in [-0.1, -0.05) is 87.9 Å². The normalized spacial score (nSPS) is 22.7. The van der Waals surface area contributed by atoms with Gasteiger partial charge in [0.15, 0.2) is 0 Å². The van der Waals surface area contributed by atoms with Crippen LogP contribution in [-0.2, 0) is 14.3 Å². The zero-order chi connectivity index (χ0) is 21.7. The molecule has 2 aromatic rings. The number of esters is 1. The van der Waals surface area contributed by atoms with Crippen LogP contribution in [-0.4, -0.2) is 17.9 Å². The summed E-state index contributed by atoms with van der Waals surface area (Å²) in [5, 5.41) is 0. The van der Waals surface area contributed by atoms with Gasteiger partial charge < -0.3 is 4.74 Å². The molecule has 0 bridgehead atoms. The molecule has 30 heavy (non-hydrogen) atoms. The van der Waals surface area contributed by atoms with Crippen LogP contribution < -0.4 is 0 Å². The highest BCUT2D eigenvalue weighted by molar-refractivity contribution is 5.99. The van der Waals surface area contributed by atoms with Crippen LogP contribution in [0.5, 0.6) is 0 Å². The summed E-state index contributed by atoms with van der Waals surface area (Å²) in [6.07, 6.45) is 3.00. The van der Waals surface area contributed by atoms with Crippen LogP contribution in [0.2, 0.25) is 0 Å². The summed E-state index contributed by atoms with van der Waals surface area (Å²) in [4.78, 5) is 26.3. The van der Waals surface area contributed by atoms with Crippen LogP contribution in [0.3, 0.4) is 0 Å². The SMILES string of the molecule is CC(=O)[C@@H](C(=O)O[C@@H]1C[C@H](C)CC[C@H]1C(C)C)C(c1ccccc1)c1ccccc1. The number of carbonyl (C=O) groups excluding carboxylic acids is 2. The lowest BCUT2D eigenvalue weighted by Gasteiger charge is -2.37. The van der Waals surface area contributed by atoms with E-state index in [0.29, 0.717) is 17.8 Å². The Morgan fingerprint density at radius 2 is 1.43 bits per heavy atom. The quantitative estimate of drug-likeness (QED) is 0.417. The molecule has 0 radical (unpaired) electrons. The van der Waals surface area contributed by atoms with Crippen molar-refractivity contribution in [2.24, 2.45) is 23.7 Å². The van der Waals surface area contributed by atoms with E-state index in [2.05, 4.69) is 20.8 Å². The number of ether oxygens (including phenoxy) is 1. The third kappa shape index (κ3) is 5.19. The van der Waals surface area contributed by atoms with Gasteiger partial charge in [0, 0.05) is 5.92 Å². The predicted octanol–water partition coefficient (Wildman–Crippen LogP) is 6.03. The fraction of sp³-hybridized carbons (Fsp3) is 0.481. The van der Waals surface area contributed by atoms with E-state index in [4.69, 9.17) is 4.74 Å². The monoisotopic (exact) mass is 406 g/mol. The maximum atomic E-state index is 13.5. The average Bonchev–Trinajstić information content (AvgIpc) is 2.72. The van der Waals surface area contributed by atoms with Crippen LogP contribution in [0, 0.1) is 23.7 Å². The van der Waals surface area contributed by atoms with Gasteiger partial charge in [0.2, 0.25) is 0 Å². The van der Waals surface area contributed by atoms with Crippen LogP contribution in [0.25, 0.3) is 0 Å². The second kappa shape index (κ2) is 10.1. The third-order valence-corrected chi connectivity index (χ3v) is 6.57. The lowest BCUT2D eigenvalue weighted by atomic mass is 9.75. The first-order chi connectivity index (χ1) is 14.4. The molecule has 160 valence electrons. The van der Waals surface area contributed by atoms with Crippen molar-refractivity contribution in [1.29, 1.82) is 0 Å². The molecule has 1 fully saturated rings. The first-order valence-corrected chi connectivity index (χ1v) is 11.2. The largest absolute Gasteiger partial charge is 0.461 e. The van der Waals surface area contributed by atoms with Crippen molar-refractivity contribution < 1.29 is 14.3 Å². The average molecular weight is 407 g/mol. The molecule has 2 aromatic carbocycles. The molecule has 3 rings (SSSR count). The van der Waals surface area contributed by atoms with Crippen molar-refractivity contribution in [3.63, 3.8) is 0 Å². The van der Waals surface area contributed by atoms with E-state index < -0.39 is 5.92 Å². The number of hydrogen-bond donors (Lipinski definition) is 0. The van der Waals surface area contributed by atoms with E-state index in [1.54, 1.807) is 0 Å². The van der Waals surface area contributed by atoms with Crippen molar-refractivity contribution in [3.8, 4) is 0 Å². The van der Waals surface area contributed by atoms with E-state index in [1.165, 1.54) is 13.3 Å².